The summed E-state index contributed by atoms with van der Waals surface area (Å²) in [6.07, 6.45) is 1.93. The van der Waals surface area contributed by atoms with Gasteiger partial charge in [-0.3, -0.25) is 0 Å². The van der Waals surface area contributed by atoms with Gasteiger partial charge in [-0.1, -0.05) is 48.5 Å². The van der Waals surface area contributed by atoms with Crippen molar-refractivity contribution in [3.8, 4) is 11.4 Å². The summed E-state index contributed by atoms with van der Waals surface area (Å²) >= 11 is 0. The molecule has 0 spiro atoms. The number of aromatic amines is 1. The predicted molar refractivity (Wildman–Crippen MR) is 80.7 cm³/mol. The lowest BCUT2D eigenvalue weighted by atomic mass is 10.2. The first kappa shape index (κ1) is 11.8. The molecule has 0 unspecified atom stereocenters. The molecular weight excluding hydrogens is 262 g/mol. The molecule has 1 N–H and O–H groups in total. The number of nitrogens with zero attached hydrogens (tertiary/aromatic N) is 4. The number of aromatic nitrogens is 5. The molecule has 0 bridgehead atoms. The minimum atomic E-state index is 0.621. The molecule has 0 aliphatic rings. The monoisotopic (exact) mass is 275 g/mol. The van der Waals surface area contributed by atoms with Gasteiger partial charge in [0, 0.05) is 22.7 Å². The fourth-order valence-corrected chi connectivity index (χ4v) is 2.42. The van der Waals surface area contributed by atoms with Crippen LogP contribution in [0.3, 0.4) is 0 Å². The van der Waals surface area contributed by atoms with E-state index in [1.807, 2.05) is 42.6 Å². The van der Waals surface area contributed by atoms with Gasteiger partial charge in [-0.25, -0.2) is 0 Å². The molecule has 21 heavy (non-hydrogen) atoms. The number of hydrogen-bond acceptors (Lipinski definition) is 3. The van der Waals surface area contributed by atoms with Crippen molar-refractivity contribution in [2.24, 2.45) is 0 Å². The molecular formula is C16H13N5. The van der Waals surface area contributed by atoms with Crippen molar-refractivity contribution in [1.82, 2.24) is 25.2 Å². The molecule has 102 valence electrons. The molecule has 0 saturated carbocycles. The molecule has 0 atom stereocenters. The minimum Gasteiger partial charge on any atom is -0.360 e. The maximum absolute atomic E-state index is 4.47. The van der Waals surface area contributed by atoms with Crippen molar-refractivity contribution >= 4 is 10.9 Å². The molecule has 2 heterocycles. The Hall–Kier alpha value is -2.95. The molecule has 4 rings (SSSR count). The SMILES string of the molecule is c1ccc(Cn2nnc(-c3c[nH]c4ccccc34)n2)cc1. The average Bonchev–Trinajstić information content (AvgIpc) is 3.14. The van der Waals surface area contributed by atoms with Crippen LogP contribution in [0.2, 0.25) is 0 Å². The van der Waals surface area contributed by atoms with Gasteiger partial charge in [0.15, 0.2) is 0 Å². The summed E-state index contributed by atoms with van der Waals surface area (Å²) in [5.41, 5.74) is 3.21. The second-order valence-electron chi connectivity index (χ2n) is 4.88. The molecule has 0 aliphatic heterocycles. The highest BCUT2D eigenvalue weighted by atomic mass is 15.6. The van der Waals surface area contributed by atoms with Crippen molar-refractivity contribution in [3.05, 3.63) is 66.4 Å². The maximum Gasteiger partial charge on any atom is 0.207 e. The van der Waals surface area contributed by atoms with Crippen LogP contribution in [0.15, 0.2) is 60.8 Å². The van der Waals surface area contributed by atoms with Crippen LogP contribution in [-0.4, -0.2) is 25.2 Å². The lowest BCUT2D eigenvalue weighted by Gasteiger charge is -1.97. The lowest BCUT2D eigenvalue weighted by Crippen LogP contribution is -2.03. The van der Waals surface area contributed by atoms with E-state index in [-0.39, 0.29) is 0 Å². The smallest absolute Gasteiger partial charge is 0.207 e. The third kappa shape index (κ3) is 2.18. The Labute approximate surface area is 121 Å². The van der Waals surface area contributed by atoms with Crippen molar-refractivity contribution in [2.45, 2.75) is 6.54 Å². The first-order valence-electron chi connectivity index (χ1n) is 6.78. The van der Waals surface area contributed by atoms with Crippen molar-refractivity contribution in [3.63, 3.8) is 0 Å². The normalized spacial score (nSPS) is 11.0. The summed E-state index contributed by atoms with van der Waals surface area (Å²) in [7, 11) is 0. The second-order valence-corrected chi connectivity index (χ2v) is 4.88. The zero-order chi connectivity index (χ0) is 14.1. The van der Waals surface area contributed by atoms with Crippen LogP contribution < -0.4 is 0 Å². The molecule has 2 aromatic heterocycles. The quantitative estimate of drug-likeness (QED) is 0.625. The number of tetrazole rings is 1. The third-order valence-corrected chi connectivity index (χ3v) is 3.45. The largest absolute Gasteiger partial charge is 0.360 e. The number of benzene rings is 2. The summed E-state index contributed by atoms with van der Waals surface area (Å²) in [4.78, 5) is 4.85. The highest BCUT2D eigenvalue weighted by molar-refractivity contribution is 5.93. The van der Waals surface area contributed by atoms with Gasteiger partial charge in [-0.2, -0.15) is 4.80 Å². The van der Waals surface area contributed by atoms with Crippen LogP contribution in [0.25, 0.3) is 22.3 Å². The third-order valence-electron chi connectivity index (χ3n) is 3.45. The number of H-pyrrole nitrogens is 1. The zero-order valence-corrected chi connectivity index (χ0v) is 11.3. The Bertz CT molecular complexity index is 876. The molecule has 0 saturated heterocycles. The van der Waals surface area contributed by atoms with E-state index in [1.165, 1.54) is 0 Å². The Morgan fingerprint density at radius 1 is 0.952 bits per heavy atom. The first-order chi connectivity index (χ1) is 10.4. The summed E-state index contributed by atoms with van der Waals surface area (Å²) in [6, 6.07) is 18.2. The Kier molecular flexibility index (Phi) is 2.74. The molecule has 2 aromatic carbocycles. The van der Waals surface area contributed by atoms with E-state index in [9.17, 15) is 0 Å². The first-order valence-corrected chi connectivity index (χ1v) is 6.78. The van der Waals surface area contributed by atoms with Crippen molar-refractivity contribution < 1.29 is 0 Å². The minimum absolute atomic E-state index is 0.621. The Morgan fingerprint density at radius 2 is 1.76 bits per heavy atom. The van der Waals surface area contributed by atoms with Crippen LogP contribution >= 0.6 is 0 Å². The van der Waals surface area contributed by atoms with E-state index >= 15 is 0 Å². The van der Waals surface area contributed by atoms with Crippen LogP contribution in [0.5, 0.6) is 0 Å². The van der Waals surface area contributed by atoms with Gasteiger partial charge in [0.1, 0.15) is 0 Å². The van der Waals surface area contributed by atoms with Gasteiger partial charge in [-0.05, 0) is 16.8 Å². The summed E-state index contributed by atoms with van der Waals surface area (Å²) < 4.78 is 0. The molecule has 0 amide bonds. The van der Waals surface area contributed by atoms with E-state index < -0.39 is 0 Å². The predicted octanol–water partition coefficient (Wildman–Crippen LogP) is 2.87. The highest BCUT2D eigenvalue weighted by Crippen LogP contribution is 2.25. The van der Waals surface area contributed by atoms with Crippen molar-refractivity contribution in [2.75, 3.05) is 0 Å². The summed E-state index contributed by atoms with van der Waals surface area (Å²) in [5.74, 6) is 0.642. The second kappa shape index (κ2) is 4.86. The van der Waals surface area contributed by atoms with E-state index in [1.54, 1.807) is 4.80 Å². The average molecular weight is 275 g/mol. The molecule has 0 radical (unpaired) electrons. The fraction of sp³-hybridized carbons (Fsp3) is 0.0625. The Morgan fingerprint density at radius 3 is 2.67 bits per heavy atom. The van der Waals surface area contributed by atoms with Gasteiger partial charge in [0.05, 0.1) is 6.54 Å². The van der Waals surface area contributed by atoms with E-state index in [0.717, 1.165) is 22.0 Å². The number of hydrogen-bond donors (Lipinski definition) is 1. The van der Waals surface area contributed by atoms with Gasteiger partial charge < -0.3 is 4.98 Å². The van der Waals surface area contributed by atoms with Crippen molar-refractivity contribution in [1.29, 1.82) is 0 Å². The molecule has 5 heteroatoms. The molecule has 4 aromatic rings. The van der Waals surface area contributed by atoms with Gasteiger partial charge in [0.25, 0.3) is 0 Å². The van der Waals surface area contributed by atoms with Crippen LogP contribution in [0, 0.1) is 0 Å². The highest BCUT2D eigenvalue weighted by Gasteiger charge is 2.11. The van der Waals surface area contributed by atoms with Gasteiger partial charge >= 0.3 is 0 Å². The van der Waals surface area contributed by atoms with Crippen LogP contribution in [-0.2, 0) is 6.54 Å². The fourth-order valence-electron chi connectivity index (χ4n) is 2.42. The number of fused-ring (bicyclic) bond motifs is 1. The van der Waals surface area contributed by atoms with Gasteiger partial charge in [-0.15, -0.1) is 10.2 Å². The standard InChI is InChI=1S/C16H13N5/c1-2-6-12(7-3-1)11-21-19-16(18-20-21)14-10-17-15-9-5-4-8-13(14)15/h1-10,17H,11H2. The molecule has 0 aliphatic carbocycles. The Balaban J connectivity index is 1.68. The number of rotatable bonds is 3. The maximum atomic E-state index is 4.47. The molecule has 5 nitrogen and oxygen atoms in total. The number of nitrogens with one attached hydrogen (secondary N) is 1. The van der Waals surface area contributed by atoms with Gasteiger partial charge in [0.2, 0.25) is 5.82 Å². The topological polar surface area (TPSA) is 59.4 Å². The summed E-state index contributed by atoms with van der Waals surface area (Å²) in [5, 5.41) is 13.9. The van der Waals surface area contributed by atoms with E-state index in [4.69, 9.17) is 0 Å². The van der Waals surface area contributed by atoms with Crippen LogP contribution in [0.1, 0.15) is 5.56 Å². The summed E-state index contributed by atoms with van der Waals surface area (Å²) in [6.45, 7) is 0.621. The lowest BCUT2D eigenvalue weighted by molar-refractivity contribution is 0.573. The van der Waals surface area contributed by atoms with E-state index in [0.29, 0.717) is 12.4 Å². The molecule has 0 fully saturated rings. The number of para-hydroxylation sites is 1. The zero-order valence-electron chi connectivity index (χ0n) is 11.3. The van der Waals surface area contributed by atoms with Crippen LogP contribution in [0.4, 0.5) is 0 Å². The van der Waals surface area contributed by atoms with E-state index in [2.05, 4.69) is 38.6 Å².